The van der Waals surface area contributed by atoms with Gasteiger partial charge in [-0.2, -0.15) is 0 Å². The fraction of sp³-hybridized carbons (Fsp3) is 0.0769. The number of benzene rings is 1. The van der Waals surface area contributed by atoms with Crippen LogP contribution in [0.1, 0.15) is 5.56 Å². The molecule has 0 aliphatic carbocycles. The van der Waals surface area contributed by atoms with Gasteiger partial charge in [-0.25, -0.2) is 9.78 Å². The predicted molar refractivity (Wildman–Crippen MR) is 75.8 cm³/mol. The summed E-state index contributed by atoms with van der Waals surface area (Å²) in [5, 5.41) is 5.40. The van der Waals surface area contributed by atoms with Crippen molar-refractivity contribution in [1.29, 1.82) is 0 Å². The Labute approximate surface area is 114 Å². The van der Waals surface area contributed by atoms with Gasteiger partial charge < -0.3 is 5.32 Å². The van der Waals surface area contributed by atoms with Crippen molar-refractivity contribution in [2.24, 2.45) is 0 Å². The summed E-state index contributed by atoms with van der Waals surface area (Å²) in [4.78, 5) is 15.8. The molecular weight excluding hydrogens is 294 g/mol. The number of hydrogen-bond donors (Lipinski definition) is 2. The lowest BCUT2D eigenvalue weighted by Crippen LogP contribution is -2.20. The molecule has 5 heteroatoms. The summed E-state index contributed by atoms with van der Waals surface area (Å²) in [5.74, 6) is 0.518. The van der Waals surface area contributed by atoms with Gasteiger partial charge in [-0.3, -0.25) is 5.32 Å². The van der Waals surface area contributed by atoms with Crippen molar-refractivity contribution < 1.29 is 4.79 Å². The van der Waals surface area contributed by atoms with Crippen LogP contribution in [-0.2, 0) is 0 Å². The van der Waals surface area contributed by atoms with E-state index in [1.54, 1.807) is 12.3 Å². The summed E-state index contributed by atoms with van der Waals surface area (Å²) in [5.41, 5.74) is 1.75. The van der Waals surface area contributed by atoms with E-state index in [0.717, 1.165) is 15.7 Å². The number of nitrogens with one attached hydrogen (secondary N) is 2. The van der Waals surface area contributed by atoms with Crippen molar-refractivity contribution in [2.75, 3.05) is 10.6 Å². The molecule has 1 aromatic heterocycles. The minimum Gasteiger partial charge on any atom is -0.308 e. The molecule has 0 unspecified atom stereocenters. The Balaban J connectivity index is 2.01. The van der Waals surface area contributed by atoms with Gasteiger partial charge in [-0.05, 0) is 46.6 Å². The lowest BCUT2D eigenvalue weighted by molar-refractivity contribution is 0.262. The van der Waals surface area contributed by atoms with Crippen LogP contribution in [0.3, 0.4) is 0 Å². The van der Waals surface area contributed by atoms with Gasteiger partial charge in [0.15, 0.2) is 0 Å². The molecule has 92 valence electrons. The first-order valence-electron chi connectivity index (χ1n) is 5.40. The maximum Gasteiger partial charge on any atom is 0.324 e. The van der Waals surface area contributed by atoms with Crippen molar-refractivity contribution in [3.05, 3.63) is 52.6 Å². The number of rotatable bonds is 2. The van der Waals surface area contributed by atoms with Gasteiger partial charge in [0.2, 0.25) is 0 Å². The van der Waals surface area contributed by atoms with Gasteiger partial charge in [0, 0.05) is 16.4 Å². The lowest BCUT2D eigenvalue weighted by atomic mass is 10.3. The third kappa shape index (κ3) is 3.30. The number of carbonyl (C=O) groups excluding carboxylic acids is 1. The number of urea groups is 1. The molecule has 18 heavy (non-hydrogen) atoms. The highest BCUT2D eigenvalue weighted by atomic mass is 79.9. The number of para-hydroxylation sites is 1. The Morgan fingerprint density at radius 3 is 2.61 bits per heavy atom. The molecule has 1 heterocycles. The number of nitrogens with zero attached hydrogens (tertiary/aromatic N) is 1. The zero-order chi connectivity index (χ0) is 13.0. The van der Waals surface area contributed by atoms with E-state index in [1.807, 2.05) is 37.3 Å². The molecule has 0 bridgehead atoms. The second-order valence-corrected chi connectivity index (χ2v) is 4.62. The van der Waals surface area contributed by atoms with Crippen LogP contribution >= 0.6 is 15.9 Å². The highest BCUT2D eigenvalue weighted by Gasteiger charge is 2.04. The van der Waals surface area contributed by atoms with E-state index in [9.17, 15) is 4.79 Å². The third-order valence-corrected chi connectivity index (χ3v) is 3.15. The van der Waals surface area contributed by atoms with Gasteiger partial charge in [0.05, 0.1) is 0 Å². The monoisotopic (exact) mass is 305 g/mol. The minimum atomic E-state index is -0.310. The average Bonchev–Trinajstić information content (AvgIpc) is 2.35. The summed E-state index contributed by atoms with van der Waals surface area (Å²) < 4.78 is 0.913. The molecule has 0 saturated carbocycles. The summed E-state index contributed by atoms with van der Waals surface area (Å²) in [7, 11) is 0. The molecule has 0 atom stereocenters. The fourth-order valence-electron chi connectivity index (χ4n) is 1.41. The van der Waals surface area contributed by atoms with Crippen molar-refractivity contribution in [2.45, 2.75) is 6.92 Å². The highest BCUT2D eigenvalue weighted by molar-refractivity contribution is 9.10. The van der Waals surface area contributed by atoms with Crippen LogP contribution in [0.4, 0.5) is 16.3 Å². The minimum absolute atomic E-state index is 0.310. The van der Waals surface area contributed by atoms with Gasteiger partial charge >= 0.3 is 6.03 Å². The van der Waals surface area contributed by atoms with Crippen LogP contribution in [0.15, 0.2) is 47.1 Å². The molecule has 0 fully saturated rings. The Hall–Kier alpha value is -1.88. The Morgan fingerprint density at radius 1 is 1.22 bits per heavy atom. The van der Waals surface area contributed by atoms with Gasteiger partial charge in [0.1, 0.15) is 5.82 Å². The quantitative estimate of drug-likeness (QED) is 0.886. The van der Waals surface area contributed by atoms with Crippen LogP contribution in [0, 0.1) is 6.92 Å². The number of aryl methyl sites for hydroxylation is 1. The number of carbonyl (C=O) groups is 1. The fourth-order valence-corrected chi connectivity index (χ4v) is 1.62. The van der Waals surface area contributed by atoms with Crippen LogP contribution in [0.2, 0.25) is 0 Å². The molecule has 0 aliphatic rings. The number of hydrogen-bond acceptors (Lipinski definition) is 2. The van der Waals surface area contributed by atoms with E-state index in [2.05, 4.69) is 31.5 Å². The van der Waals surface area contributed by atoms with Gasteiger partial charge in [-0.15, -0.1) is 0 Å². The summed E-state index contributed by atoms with van der Waals surface area (Å²) >= 11 is 3.36. The summed E-state index contributed by atoms with van der Waals surface area (Å²) in [6, 6.07) is 10.7. The molecule has 4 nitrogen and oxygen atoms in total. The Bertz CT molecular complexity index is 557. The maximum atomic E-state index is 11.7. The molecule has 2 aromatic rings. The molecule has 0 aliphatic heterocycles. The molecule has 1 aromatic carbocycles. The van der Waals surface area contributed by atoms with E-state index < -0.39 is 0 Å². The second-order valence-electron chi connectivity index (χ2n) is 3.76. The number of amides is 2. The Kier molecular flexibility index (Phi) is 3.94. The number of anilines is 2. The topological polar surface area (TPSA) is 54.0 Å². The Morgan fingerprint density at radius 2 is 1.94 bits per heavy atom. The first kappa shape index (κ1) is 12.6. The summed E-state index contributed by atoms with van der Waals surface area (Å²) in [6.45, 7) is 1.94. The largest absolute Gasteiger partial charge is 0.324 e. The first-order valence-corrected chi connectivity index (χ1v) is 6.19. The normalized spacial score (nSPS) is 9.89. The van der Waals surface area contributed by atoms with Crippen LogP contribution in [-0.4, -0.2) is 11.0 Å². The molecule has 0 radical (unpaired) electrons. The molecule has 2 rings (SSSR count). The van der Waals surface area contributed by atoms with Crippen molar-refractivity contribution in [3.63, 3.8) is 0 Å². The van der Waals surface area contributed by atoms with Crippen LogP contribution < -0.4 is 10.6 Å². The van der Waals surface area contributed by atoms with Crippen molar-refractivity contribution in [3.8, 4) is 0 Å². The van der Waals surface area contributed by atoms with Crippen molar-refractivity contribution >= 4 is 33.5 Å². The zero-order valence-corrected chi connectivity index (χ0v) is 11.4. The molecule has 0 saturated heterocycles. The van der Waals surface area contributed by atoms with E-state index >= 15 is 0 Å². The summed E-state index contributed by atoms with van der Waals surface area (Å²) in [6.07, 6.45) is 1.66. The molecule has 0 spiro atoms. The van der Waals surface area contributed by atoms with E-state index in [-0.39, 0.29) is 6.03 Å². The zero-order valence-electron chi connectivity index (χ0n) is 9.77. The SMILES string of the molecule is Cc1cc(NC(=O)Nc2ccccc2)ncc1Br. The smallest absolute Gasteiger partial charge is 0.308 e. The van der Waals surface area contributed by atoms with Gasteiger partial charge in [-0.1, -0.05) is 18.2 Å². The molecule has 2 N–H and O–H groups in total. The maximum absolute atomic E-state index is 11.7. The van der Waals surface area contributed by atoms with Crippen molar-refractivity contribution in [1.82, 2.24) is 4.98 Å². The third-order valence-electron chi connectivity index (χ3n) is 2.32. The average molecular weight is 306 g/mol. The standard InChI is InChI=1S/C13H12BrN3O/c1-9-7-12(15-8-11(9)14)17-13(18)16-10-5-3-2-4-6-10/h2-8H,1H3,(H2,15,16,17,18). The number of pyridine rings is 1. The second kappa shape index (κ2) is 5.64. The number of aromatic nitrogens is 1. The van der Waals surface area contributed by atoms with E-state index in [1.165, 1.54) is 0 Å². The predicted octanol–water partition coefficient (Wildman–Crippen LogP) is 3.80. The number of halogens is 1. The van der Waals surface area contributed by atoms with Crippen LogP contribution in [0.5, 0.6) is 0 Å². The van der Waals surface area contributed by atoms with Gasteiger partial charge in [0.25, 0.3) is 0 Å². The highest BCUT2D eigenvalue weighted by Crippen LogP contribution is 2.17. The van der Waals surface area contributed by atoms with E-state index in [4.69, 9.17) is 0 Å². The van der Waals surface area contributed by atoms with Crippen LogP contribution in [0.25, 0.3) is 0 Å². The molecule has 2 amide bonds. The van der Waals surface area contributed by atoms with E-state index in [0.29, 0.717) is 5.82 Å². The lowest BCUT2D eigenvalue weighted by Gasteiger charge is -2.07. The molecular formula is C13H12BrN3O. The first-order chi connectivity index (χ1) is 8.65.